The Morgan fingerprint density at radius 2 is 2.26 bits per heavy atom. The lowest BCUT2D eigenvalue weighted by molar-refractivity contribution is 0.184. The van der Waals surface area contributed by atoms with Gasteiger partial charge >= 0.3 is 6.03 Å². The van der Waals surface area contributed by atoms with E-state index in [1.807, 2.05) is 0 Å². The second kappa shape index (κ2) is 8.45. The zero-order valence-corrected chi connectivity index (χ0v) is 13.5. The first-order chi connectivity index (χ1) is 11.0. The van der Waals surface area contributed by atoms with Crippen molar-refractivity contribution in [2.24, 2.45) is 0 Å². The van der Waals surface area contributed by atoms with E-state index in [-0.39, 0.29) is 12.6 Å². The number of hydrogen-bond donors (Lipinski definition) is 3. The molecule has 7 heteroatoms. The van der Waals surface area contributed by atoms with E-state index in [0.717, 1.165) is 0 Å². The van der Waals surface area contributed by atoms with Crippen LogP contribution in [0.25, 0.3) is 0 Å². The number of carbonyl (C=O) groups excluding carboxylic acids is 1. The summed E-state index contributed by atoms with van der Waals surface area (Å²) in [5.74, 6) is 1.20. The van der Waals surface area contributed by atoms with Crippen molar-refractivity contribution in [2.75, 3.05) is 11.9 Å². The van der Waals surface area contributed by atoms with E-state index >= 15 is 0 Å². The largest absolute Gasteiger partial charge is 0.484 e. The fourth-order valence-corrected chi connectivity index (χ4v) is 2.04. The summed E-state index contributed by atoms with van der Waals surface area (Å²) in [5.41, 5.74) is 0.551. The monoisotopic (exact) mass is 338 g/mol. The first-order valence-corrected chi connectivity index (χ1v) is 7.60. The number of nitrogens with one attached hydrogen (secondary N) is 2. The topological polar surface area (TPSA) is 83.7 Å². The first kappa shape index (κ1) is 17.2. The van der Waals surface area contributed by atoms with Crippen LogP contribution in [0.2, 0.25) is 5.02 Å². The number of rotatable bonds is 7. The van der Waals surface area contributed by atoms with Gasteiger partial charge in [0.1, 0.15) is 18.1 Å². The molecule has 0 unspecified atom stereocenters. The van der Waals surface area contributed by atoms with Gasteiger partial charge in [-0.05, 0) is 43.7 Å². The van der Waals surface area contributed by atoms with Crippen LogP contribution in [0.3, 0.4) is 0 Å². The van der Waals surface area contributed by atoms with E-state index in [9.17, 15) is 4.79 Å². The molecule has 1 aromatic carbocycles. The fourth-order valence-electron chi connectivity index (χ4n) is 1.81. The van der Waals surface area contributed by atoms with Gasteiger partial charge in [0.2, 0.25) is 0 Å². The van der Waals surface area contributed by atoms with Gasteiger partial charge in [0, 0.05) is 12.2 Å². The van der Waals surface area contributed by atoms with Gasteiger partial charge in [-0.3, -0.25) is 0 Å². The Morgan fingerprint density at radius 1 is 1.43 bits per heavy atom. The van der Waals surface area contributed by atoms with E-state index in [0.29, 0.717) is 35.2 Å². The number of furan rings is 1. The summed E-state index contributed by atoms with van der Waals surface area (Å²) >= 11 is 6.14. The van der Waals surface area contributed by atoms with E-state index in [1.54, 1.807) is 43.5 Å². The van der Waals surface area contributed by atoms with E-state index < -0.39 is 6.10 Å². The van der Waals surface area contributed by atoms with Gasteiger partial charge in [-0.15, -0.1) is 0 Å². The number of aliphatic hydroxyl groups excluding tert-OH is 1. The number of ether oxygens (including phenoxy) is 1. The van der Waals surface area contributed by atoms with Gasteiger partial charge < -0.3 is 24.9 Å². The third-order valence-electron chi connectivity index (χ3n) is 2.99. The molecule has 23 heavy (non-hydrogen) atoms. The molecule has 0 aliphatic carbocycles. The Hall–Kier alpha value is -2.18. The lowest BCUT2D eigenvalue weighted by Crippen LogP contribution is -2.30. The fraction of sp³-hybridized carbons (Fsp3) is 0.312. The van der Waals surface area contributed by atoms with Crippen LogP contribution in [0, 0.1) is 0 Å². The standard InChI is InChI=1S/C16H19ClN2O4/c1-11(20)6-7-18-16(21)19-12-4-5-15(14(17)9-12)23-10-13-3-2-8-22-13/h2-5,8-9,11,20H,6-7,10H2,1H3,(H2,18,19,21)/t11-/m1/s1. The second-order valence-corrected chi connectivity index (χ2v) is 5.44. The summed E-state index contributed by atoms with van der Waals surface area (Å²) in [6, 6.07) is 8.21. The summed E-state index contributed by atoms with van der Waals surface area (Å²) in [5, 5.41) is 14.8. The van der Waals surface area contributed by atoms with Crippen LogP contribution in [-0.4, -0.2) is 23.8 Å². The van der Waals surface area contributed by atoms with Gasteiger partial charge in [0.05, 0.1) is 17.4 Å². The maximum Gasteiger partial charge on any atom is 0.319 e. The van der Waals surface area contributed by atoms with E-state index in [4.69, 9.17) is 25.9 Å². The molecule has 2 rings (SSSR count). The van der Waals surface area contributed by atoms with Crippen molar-refractivity contribution in [3.63, 3.8) is 0 Å². The molecule has 0 fully saturated rings. The van der Waals surface area contributed by atoms with Crippen LogP contribution in [-0.2, 0) is 6.61 Å². The summed E-state index contributed by atoms with van der Waals surface area (Å²) in [7, 11) is 0. The minimum Gasteiger partial charge on any atom is -0.484 e. The zero-order valence-electron chi connectivity index (χ0n) is 12.7. The third-order valence-corrected chi connectivity index (χ3v) is 3.28. The zero-order chi connectivity index (χ0) is 16.7. The number of carbonyl (C=O) groups is 1. The number of halogens is 1. The van der Waals surface area contributed by atoms with Crippen molar-refractivity contribution in [1.29, 1.82) is 0 Å². The van der Waals surface area contributed by atoms with Crippen LogP contribution in [0.5, 0.6) is 5.75 Å². The smallest absolute Gasteiger partial charge is 0.319 e. The maximum atomic E-state index is 11.7. The average molecular weight is 339 g/mol. The minimum atomic E-state index is -0.449. The van der Waals surface area contributed by atoms with Gasteiger partial charge in [-0.2, -0.15) is 0 Å². The molecule has 1 aromatic heterocycles. The average Bonchev–Trinajstić information content (AvgIpc) is 2.99. The molecule has 3 N–H and O–H groups in total. The van der Waals surface area contributed by atoms with Gasteiger partial charge in [0.25, 0.3) is 0 Å². The molecular weight excluding hydrogens is 320 g/mol. The second-order valence-electron chi connectivity index (χ2n) is 5.03. The number of urea groups is 1. The highest BCUT2D eigenvalue weighted by Crippen LogP contribution is 2.28. The molecule has 2 aromatic rings. The molecule has 1 atom stereocenters. The minimum absolute atomic E-state index is 0.277. The van der Waals surface area contributed by atoms with Crippen LogP contribution < -0.4 is 15.4 Å². The van der Waals surface area contributed by atoms with Gasteiger partial charge in [-0.25, -0.2) is 4.79 Å². The third kappa shape index (κ3) is 5.84. The summed E-state index contributed by atoms with van der Waals surface area (Å²) in [4.78, 5) is 11.7. The van der Waals surface area contributed by atoms with E-state index in [1.165, 1.54) is 0 Å². The van der Waals surface area contributed by atoms with Crippen molar-refractivity contribution >= 4 is 23.3 Å². The molecule has 0 radical (unpaired) electrons. The Balaban J connectivity index is 1.84. The molecule has 1 heterocycles. The summed E-state index contributed by atoms with van der Waals surface area (Å²) < 4.78 is 10.7. The Labute approximate surface area is 139 Å². The lowest BCUT2D eigenvalue weighted by Gasteiger charge is -2.11. The van der Waals surface area contributed by atoms with Crippen LogP contribution in [0.4, 0.5) is 10.5 Å². The van der Waals surface area contributed by atoms with Gasteiger partial charge in [-0.1, -0.05) is 11.6 Å². The highest BCUT2D eigenvalue weighted by molar-refractivity contribution is 6.32. The highest BCUT2D eigenvalue weighted by Gasteiger charge is 2.07. The molecule has 0 aliphatic rings. The van der Waals surface area contributed by atoms with Crippen molar-refractivity contribution in [1.82, 2.24) is 5.32 Å². The Kier molecular flexibility index (Phi) is 6.31. The molecule has 2 amide bonds. The Morgan fingerprint density at radius 3 is 2.91 bits per heavy atom. The number of benzene rings is 1. The number of amides is 2. The van der Waals surface area contributed by atoms with Crippen molar-refractivity contribution in [3.05, 3.63) is 47.4 Å². The predicted molar refractivity (Wildman–Crippen MR) is 87.8 cm³/mol. The SMILES string of the molecule is C[C@@H](O)CCNC(=O)Nc1ccc(OCc2ccco2)c(Cl)c1. The molecule has 0 bridgehead atoms. The maximum absolute atomic E-state index is 11.7. The number of aliphatic hydroxyl groups is 1. The van der Waals surface area contributed by atoms with E-state index in [2.05, 4.69) is 10.6 Å². The van der Waals surface area contributed by atoms with Gasteiger partial charge in [0.15, 0.2) is 0 Å². The predicted octanol–water partition coefficient (Wildman–Crippen LogP) is 3.40. The molecule has 0 saturated heterocycles. The van der Waals surface area contributed by atoms with Crippen LogP contribution in [0.15, 0.2) is 41.0 Å². The molecule has 0 aliphatic heterocycles. The highest BCUT2D eigenvalue weighted by atomic mass is 35.5. The lowest BCUT2D eigenvalue weighted by atomic mass is 10.3. The number of anilines is 1. The summed E-state index contributed by atoms with van der Waals surface area (Å²) in [6.45, 7) is 2.34. The Bertz CT molecular complexity index is 629. The normalized spacial score (nSPS) is 11.8. The summed E-state index contributed by atoms with van der Waals surface area (Å²) in [6.07, 6.45) is 1.62. The van der Waals surface area contributed by atoms with Crippen molar-refractivity contribution < 1.29 is 19.1 Å². The molecular formula is C16H19ClN2O4. The first-order valence-electron chi connectivity index (χ1n) is 7.22. The molecule has 124 valence electrons. The van der Waals surface area contributed by atoms with Crippen molar-refractivity contribution in [2.45, 2.75) is 26.1 Å². The molecule has 0 spiro atoms. The van der Waals surface area contributed by atoms with Crippen LogP contribution >= 0.6 is 11.6 Å². The van der Waals surface area contributed by atoms with Crippen molar-refractivity contribution in [3.8, 4) is 5.75 Å². The quantitative estimate of drug-likeness (QED) is 0.722. The number of hydrogen-bond acceptors (Lipinski definition) is 4. The molecule has 0 saturated carbocycles. The molecule has 6 nitrogen and oxygen atoms in total. The van der Waals surface area contributed by atoms with Crippen LogP contribution in [0.1, 0.15) is 19.1 Å².